The van der Waals surface area contributed by atoms with Crippen molar-refractivity contribution in [1.29, 1.82) is 0 Å². The van der Waals surface area contributed by atoms with Crippen LogP contribution in [0.4, 0.5) is 0 Å². The van der Waals surface area contributed by atoms with Crippen molar-refractivity contribution in [2.75, 3.05) is 19.7 Å². The fraction of sp³-hybridized carbons (Fsp3) is 0.438. The number of amides is 1. The van der Waals surface area contributed by atoms with Crippen molar-refractivity contribution in [3.63, 3.8) is 0 Å². The second-order valence-corrected chi connectivity index (χ2v) is 7.18. The van der Waals surface area contributed by atoms with Crippen molar-refractivity contribution >= 4 is 15.9 Å². The molecule has 3 N–H and O–H groups in total. The van der Waals surface area contributed by atoms with Gasteiger partial charge in [0.15, 0.2) is 0 Å². The molecule has 1 fully saturated rings. The highest BCUT2D eigenvalue weighted by atomic mass is 32.2. The van der Waals surface area contributed by atoms with E-state index in [-0.39, 0.29) is 17.4 Å². The lowest BCUT2D eigenvalue weighted by molar-refractivity contribution is -0.135. The summed E-state index contributed by atoms with van der Waals surface area (Å²) in [6, 6.07) is 6.07. The molecule has 0 aromatic heterocycles. The number of carbonyl (C=O) groups is 1. The van der Waals surface area contributed by atoms with Gasteiger partial charge in [-0.15, -0.1) is 10.8 Å². The summed E-state index contributed by atoms with van der Waals surface area (Å²) in [6.45, 7) is 2.73. The number of hydrazine groups is 1. The van der Waals surface area contributed by atoms with E-state index in [9.17, 15) is 13.2 Å². The monoisotopic (exact) mass is 367 g/mol. The van der Waals surface area contributed by atoms with E-state index in [2.05, 4.69) is 16.7 Å². The lowest BCUT2D eigenvalue weighted by Gasteiger charge is -2.30. The summed E-state index contributed by atoms with van der Waals surface area (Å²) in [5.74, 6) is 5.25. The number of rotatable bonds is 6. The Morgan fingerprint density at radius 1 is 1.32 bits per heavy atom. The fourth-order valence-electron chi connectivity index (χ4n) is 2.45. The van der Waals surface area contributed by atoms with Crippen LogP contribution in [0.3, 0.4) is 0 Å². The summed E-state index contributed by atoms with van der Waals surface area (Å²) in [7, 11) is -3.70. The largest absolute Gasteiger partial charge is 0.481 e. The highest BCUT2D eigenvalue weighted by Gasteiger charge is 2.27. The molecule has 1 aliphatic rings. The predicted octanol–water partition coefficient (Wildman–Crippen LogP) is 0.499. The maximum Gasteiger partial charge on any atom is 0.253 e. The third-order valence-corrected chi connectivity index (χ3v) is 5.24. The van der Waals surface area contributed by atoms with E-state index in [1.54, 1.807) is 29.5 Å². The van der Waals surface area contributed by atoms with E-state index in [0.717, 1.165) is 0 Å². The molecule has 1 aromatic carbocycles. The maximum absolute atomic E-state index is 12.4. The van der Waals surface area contributed by atoms with Gasteiger partial charge in [0.25, 0.3) is 10.0 Å². The van der Waals surface area contributed by atoms with Gasteiger partial charge in [0, 0.05) is 19.0 Å². The van der Waals surface area contributed by atoms with Crippen molar-refractivity contribution in [2.24, 2.45) is 5.92 Å². The number of benzene rings is 1. The summed E-state index contributed by atoms with van der Waals surface area (Å²) in [5, 5.41) is 10.2. The first-order chi connectivity index (χ1) is 12.0. The number of hydrogen-bond acceptors (Lipinski definition) is 6. The van der Waals surface area contributed by atoms with Crippen LogP contribution in [0.1, 0.15) is 19.8 Å². The molecule has 2 rings (SSSR count). The molecule has 8 nitrogen and oxygen atoms in total. The Morgan fingerprint density at radius 3 is 2.52 bits per heavy atom. The van der Waals surface area contributed by atoms with Crippen molar-refractivity contribution in [3.8, 4) is 17.6 Å². The molecule has 1 saturated heterocycles. The summed E-state index contributed by atoms with van der Waals surface area (Å²) in [6.07, 6.45) is 0.917. The second kappa shape index (κ2) is 8.82. The van der Waals surface area contributed by atoms with Crippen LogP contribution in [0.25, 0.3) is 0 Å². The van der Waals surface area contributed by atoms with E-state index >= 15 is 0 Å². The number of nitrogens with one attached hydrogen (secondary N) is 2. The van der Waals surface area contributed by atoms with Gasteiger partial charge in [0.05, 0.1) is 4.90 Å². The molecule has 1 aromatic rings. The molecule has 0 spiro atoms. The zero-order valence-electron chi connectivity index (χ0n) is 13.9. The van der Waals surface area contributed by atoms with Crippen molar-refractivity contribution in [1.82, 2.24) is 15.3 Å². The highest BCUT2D eigenvalue weighted by molar-refractivity contribution is 7.89. The Labute approximate surface area is 147 Å². The maximum atomic E-state index is 12.4. The lowest BCUT2D eigenvalue weighted by atomic mass is 9.97. The number of hydrogen-bond donors (Lipinski definition) is 3. The SMILES string of the molecule is CC#CCOc1ccc(S(=O)(=O)NN2CCC(C(=O)NO)CC2)cc1. The molecule has 1 heterocycles. The Kier molecular flexibility index (Phi) is 6.78. The average molecular weight is 367 g/mol. The van der Waals surface area contributed by atoms with Crippen molar-refractivity contribution < 1.29 is 23.2 Å². The number of hydroxylamine groups is 1. The summed E-state index contributed by atoms with van der Waals surface area (Å²) < 4.78 is 30.2. The van der Waals surface area contributed by atoms with Gasteiger partial charge in [-0.3, -0.25) is 10.0 Å². The Hall–Kier alpha value is -2.12. The second-order valence-electron chi connectivity index (χ2n) is 5.52. The van der Waals surface area contributed by atoms with Gasteiger partial charge < -0.3 is 4.74 Å². The molecule has 136 valence electrons. The number of piperidine rings is 1. The topological polar surface area (TPSA) is 108 Å². The van der Waals surface area contributed by atoms with Crippen LogP contribution >= 0.6 is 0 Å². The van der Waals surface area contributed by atoms with Crippen molar-refractivity contribution in [2.45, 2.75) is 24.7 Å². The molecule has 0 unspecified atom stereocenters. The van der Waals surface area contributed by atoms with Gasteiger partial charge in [-0.1, -0.05) is 5.92 Å². The minimum atomic E-state index is -3.70. The molecule has 1 aliphatic heterocycles. The van der Waals surface area contributed by atoms with Gasteiger partial charge in [-0.2, -0.15) is 0 Å². The van der Waals surface area contributed by atoms with Crippen LogP contribution in [0, 0.1) is 17.8 Å². The van der Waals surface area contributed by atoms with Crippen LogP contribution in [-0.2, 0) is 14.8 Å². The van der Waals surface area contributed by atoms with Gasteiger partial charge in [-0.05, 0) is 44.0 Å². The van der Waals surface area contributed by atoms with E-state index in [0.29, 0.717) is 31.7 Å². The smallest absolute Gasteiger partial charge is 0.253 e. The first-order valence-corrected chi connectivity index (χ1v) is 9.28. The number of ether oxygens (including phenoxy) is 1. The zero-order valence-corrected chi connectivity index (χ0v) is 14.7. The molecule has 0 saturated carbocycles. The Morgan fingerprint density at radius 2 is 1.96 bits per heavy atom. The van der Waals surface area contributed by atoms with Crippen LogP contribution in [0.5, 0.6) is 5.75 Å². The molecular formula is C16H21N3O5S. The lowest BCUT2D eigenvalue weighted by Crippen LogP contribution is -2.48. The first-order valence-electron chi connectivity index (χ1n) is 7.80. The predicted molar refractivity (Wildman–Crippen MR) is 89.9 cm³/mol. The van der Waals surface area contributed by atoms with Crippen LogP contribution in [0.15, 0.2) is 29.2 Å². The first kappa shape index (κ1) is 19.2. The van der Waals surface area contributed by atoms with E-state index < -0.39 is 15.9 Å². The molecule has 1 amide bonds. The standard InChI is InChI=1S/C16H21N3O5S/c1-2-3-12-24-14-4-6-15(7-5-14)25(22,23)18-19-10-8-13(9-11-19)16(20)17-21/h4-7,13,18,21H,8-12H2,1H3,(H,17,20). The van der Waals surface area contributed by atoms with Gasteiger partial charge in [0.1, 0.15) is 12.4 Å². The zero-order chi connectivity index (χ0) is 18.3. The van der Waals surface area contributed by atoms with Gasteiger partial charge in [0.2, 0.25) is 5.91 Å². The fourth-order valence-corrected chi connectivity index (χ4v) is 3.58. The third kappa shape index (κ3) is 5.44. The quantitative estimate of drug-likeness (QED) is 0.384. The normalized spacial score (nSPS) is 15.9. The summed E-state index contributed by atoms with van der Waals surface area (Å²) in [4.78, 5) is 14.0. The van der Waals surface area contributed by atoms with E-state index in [1.807, 2.05) is 0 Å². The molecule has 0 bridgehead atoms. The number of carbonyl (C=O) groups excluding carboxylic acids is 1. The van der Waals surface area contributed by atoms with E-state index in [1.165, 1.54) is 12.1 Å². The minimum Gasteiger partial charge on any atom is -0.481 e. The van der Waals surface area contributed by atoms with Crippen molar-refractivity contribution in [3.05, 3.63) is 24.3 Å². The third-order valence-electron chi connectivity index (χ3n) is 3.85. The Bertz CT molecular complexity index is 744. The Balaban J connectivity index is 1.93. The van der Waals surface area contributed by atoms with Gasteiger partial charge in [-0.25, -0.2) is 18.9 Å². The van der Waals surface area contributed by atoms with E-state index in [4.69, 9.17) is 9.94 Å². The average Bonchev–Trinajstić information content (AvgIpc) is 2.62. The van der Waals surface area contributed by atoms with Crippen LogP contribution in [0.2, 0.25) is 0 Å². The minimum absolute atomic E-state index is 0.122. The van der Waals surface area contributed by atoms with Crippen LogP contribution in [-0.4, -0.2) is 44.2 Å². The number of sulfonamides is 1. The highest BCUT2D eigenvalue weighted by Crippen LogP contribution is 2.19. The molecule has 25 heavy (non-hydrogen) atoms. The van der Waals surface area contributed by atoms with Crippen LogP contribution < -0.4 is 15.0 Å². The molecular weight excluding hydrogens is 346 g/mol. The molecule has 9 heteroatoms. The van der Waals surface area contributed by atoms with Gasteiger partial charge >= 0.3 is 0 Å². The molecule has 0 atom stereocenters. The molecule has 0 aliphatic carbocycles. The number of nitrogens with zero attached hydrogens (tertiary/aromatic N) is 1. The summed E-state index contributed by atoms with van der Waals surface area (Å²) >= 11 is 0. The molecule has 0 radical (unpaired) electrons. The summed E-state index contributed by atoms with van der Waals surface area (Å²) in [5.41, 5.74) is 1.63.